The van der Waals surface area contributed by atoms with E-state index in [2.05, 4.69) is 30.4 Å². The van der Waals surface area contributed by atoms with Crippen molar-refractivity contribution in [1.82, 2.24) is 30.0 Å². The van der Waals surface area contributed by atoms with Gasteiger partial charge in [-0.3, -0.25) is 14.8 Å². The molecule has 8 nitrogen and oxygen atoms in total. The van der Waals surface area contributed by atoms with Gasteiger partial charge in [0.2, 0.25) is 0 Å². The number of halogens is 4. The Morgan fingerprint density at radius 2 is 2.00 bits per heavy atom. The van der Waals surface area contributed by atoms with Crippen LogP contribution < -0.4 is 5.32 Å². The number of alkyl halides is 3. The van der Waals surface area contributed by atoms with Gasteiger partial charge in [-0.1, -0.05) is 6.07 Å². The lowest BCUT2D eigenvalue weighted by Crippen LogP contribution is -2.48. The Morgan fingerprint density at radius 1 is 1.15 bits per heavy atom. The standard InChI is InChI=1S/C21H19F4N7O/c22-19-14(2-1-3-15(19)21(23,24)25)20(33)32-10-12-8-13(32)9-31(12)11-18-26-6-4-16(29-18)28-17-5-7-27-30-17/h1-7,12-13H,8-11H2,(H2,26,27,28,29,30)/t12-,13-/m0/s1. The van der Waals surface area contributed by atoms with E-state index in [4.69, 9.17) is 0 Å². The van der Waals surface area contributed by atoms with Crippen LogP contribution in [0.4, 0.5) is 29.2 Å². The zero-order chi connectivity index (χ0) is 23.2. The number of hydrogen-bond acceptors (Lipinski definition) is 6. The van der Waals surface area contributed by atoms with Crippen LogP contribution in [0.15, 0.2) is 42.7 Å². The number of hydrogen-bond donors (Lipinski definition) is 2. The average Bonchev–Trinajstić information content (AvgIpc) is 3.50. The Kier molecular flexibility index (Phi) is 5.23. The minimum absolute atomic E-state index is 0.000587. The van der Waals surface area contributed by atoms with E-state index in [-0.39, 0.29) is 12.1 Å². The van der Waals surface area contributed by atoms with Gasteiger partial charge in [0.15, 0.2) is 5.82 Å². The van der Waals surface area contributed by atoms with Crippen LogP contribution in [0.5, 0.6) is 0 Å². The first-order valence-electron chi connectivity index (χ1n) is 10.3. The Morgan fingerprint density at radius 3 is 2.70 bits per heavy atom. The molecule has 4 heterocycles. The van der Waals surface area contributed by atoms with Gasteiger partial charge in [-0.05, 0) is 24.6 Å². The topological polar surface area (TPSA) is 90.0 Å². The molecule has 1 amide bonds. The van der Waals surface area contributed by atoms with Crippen molar-refractivity contribution in [1.29, 1.82) is 0 Å². The van der Waals surface area contributed by atoms with Gasteiger partial charge in [-0.2, -0.15) is 18.3 Å². The summed E-state index contributed by atoms with van der Waals surface area (Å²) in [4.78, 5) is 25.2. The first kappa shape index (κ1) is 21.3. The van der Waals surface area contributed by atoms with Gasteiger partial charge in [0, 0.05) is 43.6 Å². The molecule has 2 aromatic heterocycles. The minimum atomic E-state index is -4.86. The Labute approximate surface area is 185 Å². The lowest BCUT2D eigenvalue weighted by molar-refractivity contribution is -0.140. The normalized spacial score (nSPS) is 20.4. The number of nitrogens with one attached hydrogen (secondary N) is 2. The number of nitrogens with zero attached hydrogens (tertiary/aromatic N) is 5. The highest BCUT2D eigenvalue weighted by atomic mass is 19.4. The number of anilines is 2. The summed E-state index contributed by atoms with van der Waals surface area (Å²) in [5, 5.41) is 9.79. The maximum Gasteiger partial charge on any atom is 0.419 e. The number of aromatic amines is 1. The van der Waals surface area contributed by atoms with Gasteiger partial charge < -0.3 is 10.2 Å². The zero-order valence-corrected chi connectivity index (χ0v) is 17.2. The number of carbonyl (C=O) groups is 1. The third-order valence-electron chi connectivity index (χ3n) is 5.96. The number of carbonyl (C=O) groups excluding carboxylic acids is 1. The predicted octanol–water partition coefficient (Wildman–Crippen LogP) is 3.20. The second-order valence-electron chi connectivity index (χ2n) is 8.04. The smallest absolute Gasteiger partial charge is 0.333 e. The minimum Gasteiger partial charge on any atom is -0.333 e. The van der Waals surface area contributed by atoms with Crippen molar-refractivity contribution in [2.24, 2.45) is 0 Å². The van der Waals surface area contributed by atoms with E-state index in [1.54, 1.807) is 24.5 Å². The molecule has 0 spiro atoms. The van der Waals surface area contributed by atoms with Crippen LogP contribution in [0.1, 0.15) is 28.2 Å². The Bertz CT molecular complexity index is 1170. The van der Waals surface area contributed by atoms with Crippen molar-refractivity contribution in [3.63, 3.8) is 0 Å². The molecule has 2 bridgehead atoms. The van der Waals surface area contributed by atoms with Crippen molar-refractivity contribution in [3.8, 4) is 0 Å². The van der Waals surface area contributed by atoms with Gasteiger partial charge in [0.1, 0.15) is 17.5 Å². The number of aromatic nitrogens is 4. The van der Waals surface area contributed by atoms with Crippen LogP contribution in [0.25, 0.3) is 0 Å². The molecule has 172 valence electrons. The fourth-order valence-electron chi connectivity index (χ4n) is 4.45. The van der Waals surface area contributed by atoms with Crippen LogP contribution in [0, 0.1) is 5.82 Å². The molecule has 2 N–H and O–H groups in total. The molecule has 2 aliphatic rings. The molecule has 33 heavy (non-hydrogen) atoms. The molecule has 12 heteroatoms. The lowest BCUT2D eigenvalue weighted by Gasteiger charge is -2.34. The van der Waals surface area contributed by atoms with Crippen molar-refractivity contribution >= 4 is 17.5 Å². The molecule has 2 fully saturated rings. The molecule has 0 saturated carbocycles. The molecular weight excluding hydrogens is 442 g/mol. The van der Waals surface area contributed by atoms with Crippen molar-refractivity contribution in [3.05, 3.63) is 65.5 Å². The van der Waals surface area contributed by atoms with Crippen molar-refractivity contribution < 1.29 is 22.4 Å². The fourth-order valence-corrected chi connectivity index (χ4v) is 4.45. The largest absolute Gasteiger partial charge is 0.419 e. The summed E-state index contributed by atoms with van der Waals surface area (Å²) in [6.45, 7) is 1.28. The second-order valence-corrected chi connectivity index (χ2v) is 8.04. The van der Waals surface area contributed by atoms with E-state index in [0.717, 1.165) is 12.1 Å². The zero-order valence-electron chi connectivity index (χ0n) is 17.2. The molecule has 3 aromatic rings. The number of piperazine rings is 1. The van der Waals surface area contributed by atoms with Crippen LogP contribution >= 0.6 is 0 Å². The van der Waals surface area contributed by atoms with E-state index in [0.29, 0.717) is 49.6 Å². The van der Waals surface area contributed by atoms with E-state index >= 15 is 0 Å². The number of benzene rings is 1. The second kappa shape index (κ2) is 8.10. The maximum absolute atomic E-state index is 14.4. The van der Waals surface area contributed by atoms with Crippen molar-refractivity contribution in [2.45, 2.75) is 31.2 Å². The quantitative estimate of drug-likeness (QED) is 0.568. The average molecular weight is 461 g/mol. The SMILES string of the molecule is O=C(c1cccc(C(F)(F)F)c1F)N1C[C@@H]2C[C@H]1CN2Cc1nccc(Nc2cc[nH]n2)n1. The summed E-state index contributed by atoms with van der Waals surface area (Å²) >= 11 is 0. The summed E-state index contributed by atoms with van der Waals surface area (Å²) in [6, 6.07) is 6.07. The number of amides is 1. The summed E-state index contributed by atoms with van der Waals surface area (Å²) in [7, 11) is 0. The van der Waals surface area contributed by atoms with Gasteiger partial charge in [-0.15, -0.1) is 0 Å². The van der Waals surface area contributed by atoms with Crippen molar-refractivity contribution in [2.75, 3.05) is 18.4 Å². The summed E-state index contributed by atoms with van der Waals surface area (Å²) in [5.74, 6) is -0.439. The highest BCUT2D eigenvalue weighted by Crippen LogP contribution is 2.35. The number of H-pyrrole nitrogens is 1. The number of likely N-dealkylation sites (tertiary alicyclic amines) is 2. The lowest BCUT2D eigenvalue weighted by atomic mass is 10.1. The molecule has 2 saturated heterocycles. The van der Waals surface area contributed by atoms with E-state index in [1.165, 1.54) is 4.90 Å². The highest BCUT2D eigenvalue weighted by molar-refractivity contribution is 5.95. The molecule has 2 aliphatic heterocycles. The molecule has 0 aliphatic carbocycles. The Balaban J connectivity index is 1.25. The van der Waals surface area contributed by atoms with Crippen LogP contribution in [0.3, 0.4) is 0 Å². The fraction of sp³-hybridized carbons (Fsp3) is 0.333. The molecule has 2 atom stereocenters. The maximum atomic E-state index is 14.4. The van der Waals surface area contributed by atoms with Crippen LogP contribution in [0.2, 0.25) is 0 Å². The molecule has 1 aromatic carbocycles. The van der Waals surface area contributed by atoms with Gasteiger partial charge in [0.25, 0.3) is 5.91 Å². The summed E-state index contributed by atoms with van der Waals surface area (Å²) in [5.41, 5.74) is -1.98. The van der Waals surface area contributed by atoms with E-state index in [1.807, 2.05) is 0 Å². The van der Waals surface area contributed by atoms with Gasteiger partial charge in [0.05, 0.1) is 17.7 Å². The third kappa shape index (κ3) is 4.13. The molecule has 5 rings (SSSR count). The number of fused-ring (bicyclic) bond motifs is 2. The van der Waals surface area contributed by atoms with Crippen LogP contribution in [-0.2, 0) is 12.7 Å². The number of rotatable bonds is 5. The van der Waals surface area contributed by atoms with Gasteiger partial charge >= 0.3 is 6.18 Å². The molecule has 0 unspecified atom stereocenters. The highest BCUT2D eigenvalue weighted by Gasteiger charge is 2.46. The summed E-state index contributed by atoms with van der Waals surface area (Å²) < 4.78 is 53.5. The van der Waals surface area contributed by atoms with Gasteiger partial charge in [-0.25, -0.2) is 14.4 Å². The van der Waals surface area contributed by atoms with E-state index in [9.17, 15) is 22.4 Å². The molecular formula is C21H19F4N7O. The first-order chi connectivity index (χ1) is 15.8. The van der Waals surface area contributed by atoms with E-state index < -0.39 is 29.0 Å². The first-order valence-corrected chi connectivity index (χ1v) is 10.3. The summed E-state index contributed by atoms with van der Waals surface area (Å²) in [6.07, 6.45) is -0.874. The van der Waals surface area contributed by atoms with Crippen LogP contribution in [-0.4, -0.2) is 61.0 Å². The molecule has 0 radical (unpaired) electrons. The monoisotopic (exact) mass is 461 g/mol. The Hall–Kier alpha value is -3.54. The third-order valence-corrected chi connectivity index (χ3v) is 5.96. The predicted molar refractivity (Wildman–Crippen MR) is 109 cm³/mol.